The average Bonchev–Trinajstić information content (AvgIpc) is 3.13. The Balaban J connectivity index is 1.88. The molecule has 1 saturated carbocycles. The fourth-order valence-corrected chi connectivity index (χ4v) is 1.63. The molecular weight excluding hydrogens is 221 g/mol. The summed E-state index contributed by atoms with van der Waals surface area (Å²) in [7, 11) is 1.62. The summed E-state index contributed by atoms with van der Waals surface area (Å²) < 4.78 is 24.1. The molecule has 1 aromatic rings. The third-order valence-corrected chi connectivity index (χ3v) is 2.69. The van der Waals surface area contributed by atoms with Crippen LogP contribution in [0.15, 0.2) is 24.3 Å². The van der Waals surface area contributed by atoms with Crippen LogP contribution in [-0.4, -0.2) is 32.4 Å². The van der Waals surface area contributed by atoms with Gasteiger partial charge in [-0.1, -0.05) is 12.1 Å². The van der Waals surface area contributed by atoms with Crippen LogP contribution in [0.2, 0.25) is 0 Å². The van der Waals surface area contributed by atoms with Crippen LogP contribution >= 0.6 is 0 Å². The Hall–Kier alpha value is -1.13. The van der Waals surface area contributed by atoms with E-state index >= 15 is 0 Å². The second kappa shape index (κ2) is 5.98. The van der Waals surface area contributed by atoms with Gasteiger partial charge in [-0.05, 0) is 25.0 Å². The first-order valence-corrected chi connectivity index (χ1v) is 5.93. The molecule has 3 nitrogen and oxygen atoms in total. The van der Waals surface area contributed by atoms with Gasteiger partial charge < -0.3 is 14.8 Å². The maximum absolute atomic E-state index is 13.4. The summed E-state index contributed by atoms with van der Waals surface area (Å²) >= 11 is 0. The number of methoxy groups -OCH3 is 1. The topological polar surface area (TPSA) is 30.5 Å². The lowest BCUT2D eigenvalue weighted by Crippen LogP contribution is -2.36. The normalized spacial score (nSPS) is 16.8. The van der Waals surface area contributed by atoms with E-state index in [9.17, 15) is 4.39 Å². The zero-order valence-corrected chi connectivity index (χ0v) is 9.99. The summed E-state index contributed by atoms with van der Waals surface area (Å²) in [5, 5.41) is 3.35. The molecule has 0 spiro atoms. The van der Waals surface area contributed by atoms with Crippen molar-refractivity contribution in [2.24, 2.45) is 0 Å². The SMILES string of the molecule is COCC(CNC1CC1)Oc1ccccc1F. The van der Waals surface area contributed by atoms with Crippen LogP contribution in [0, 0.1) is 5.82 Å². The van der Waals surface area contributed by atoms with E-state index in [0.29, 0.717) is 19.2 Å². The molecule has 2 rings (SSSR count). The summed E-state index contributed by atoms with van der Waals surface area (Å²) in [5.74, 6) is -0.0489. The lowest BCUT2D eigenvalue weighted by molar-refractivity contribution is 0.0777. The lowest BCUT2D eigenvalue weighted by Gasteiger charge is -2.19. The van der Waals surface area contributed by atoms with Crippen LogP contribution < -0.4 is 10.1 Å². The van der Waals surface area contributed by atoms with Crippen molar-refractivity contribution < 1.29 is 13.9 Å². The molecular formula is C13H18FNO2. The van der Waals surface area contributed by atoms with Gasteiger partial charge in [-0.2, -0.15) is 0 Å². The van der Waals surface area contributed by atoms with Gasteiger partial charge in [0.15, 0.2) is 11.6 Å². The Morgan fingerprint density at radius 3 is 2.82 bits per heavy atom. The summed E-state index contributed by atoms with van der Waals surface area (Å²) in [6, 6.07) is 7.05. The molecule has 0 amide bonds. The van der Waals surface area contributed by atoms with Crippen LogP contribution in [0.4, 0.5) is 4.39 Å². The van der Waals surface area contributed by atoms with Crippen LogP contribution in [-0.2, 0) is 4.74 Å². The van der Waals surface area contributed by atoms with Crippen molar-refractivity contribution in [2.75, 3.05) is 20.3 Å². The molecule has 1 unspecified atom stereocenters. The van der Waals surface area contributed by atoms with E-state index in [1.165, 1.54) is 18.9 Å². The molecule has 0 saturated heterocycles. The van der Waals surface area contributed by atoms with E-state index in [-0.39, 0.29) is 17.7 Å². The number of hydrogen-bond acceptors (Lipinski definition) is 3. The van der Waals surface area contributed by atoms with Crippen molar-refractivity contribution in [3.8, 4) is 5.75 Å². The second-order valence-corrected chi connectivity index (χ2v) is 4.31. The minimum atomic E-state index is -0.333. The molecule has 0 radical (unpaired) electrons. The van der Waals surface area contributed by atoms with Gasteiger partial charge in [0.05, 0.1) is 6.61 Å². The van der Waals surface area contributed by atoms with E-state index in [2.05, 4.69) is 5.32 Å². The number of benzene rings is 1. The third-order valence-electron chi connectivity index (χ3n) is 2.69. The highest BCUT2D eigenvalue weighted by atomic mass is 19.1. The van der Waals surface area contributed by atoms with Crippen molar-refractivity contribution in [3.63, 3.8) is 0 Å². The molecule has 17 heavy (non-hydrogen) atoms. The first-order chi connectivity index (χ1) is 8.29. The van der Waals surface area contributed by atoms with Gasteiger partial charge in [0.2, 0.25) is 0 Å². The van der Waals surface area contributed by atoms with Gasteiger partial charge in [0.1, 0.15) is 6.10 Å². The minimum absolute atomic E-state index is 0.155. The molecule has 0 heterocycles. The van der Waals surface area contributed by atoms with Crippen molar-refractivity contribution in [1.29, 1.82) is 0 Å². The standard InChI is InChI=1S/C13H18FNO2/c1-16-9-11(8-15-10-6-7-10)17-13-5-3-2-4-12(13)14/h2-5,10-11,15H,6-9H2,1H3. The molecule has 0 aromatic heterocycles. The Kier molecular flexibility index (Phi) is 4.34. The van der Waals surface area contributed by atoms with Gasteiger partial charge in [-0.25, -0.2) is 4.39 Å². The molecule has 0 aliphatic heterocycles. The number of ether oxygens (including phenoxy) is 2. The van der Waals surface area contributed by atoms with Crippen LogP contribution in [0.25, 0.3) is 0 Å². The van der Waals surface area contributed by atoms with E-state index in [0.717, 1.165) is 0 Å². The number of rotatable bonds is 7. The number of hydrogen-bond donors (Lipinski definition) is 1. The van der Waals surface area contributed by atoms with Crippen LogP contribution in [0.1, 0.15) is 12.8 Å². The minimum Gasteiger partial charge on any atom is -0.484 e. The lowest BCUT2D eigenvalue weighted by atomic mass is 10.3. The highest BCUT2D eigenvalue weighted by molar-refractivity contribution is 5.23. The predicted octanol–water partition coefficient (Wildman–Crippen LogP) is 1.97. The Labute approximate surface area is 101 Å². The van der Waals surface area contributed by atoms with Gasteiger partial charge >= 0.3 is 0 Å². The Morgan fingerprint density at radius 1 is 1.41 bits per heavy atom. The van der Waals surface area contributed by atoms with Crippen molar-refractivity contribution in [3.05, 3.63) is 30.1 Å². The summed E-state index contributed by atoms with van der Waals surface area (Å²) in [6.07, 6.45) is 2.29. The summed E-state index contributed by atoms with van der Waals surface area (Å²) in [5.41, 5.74) is 0. The second-order valence-electron chi connectivity index (χ2n) is 4.31. The fourth-order valence-electron chi connectivity index (χ4n) is 1.63. The smallest absolute Gasteiger partial charge is 0.165 e. The molecule has 94 valence electrons. The van der Waals surface area contributed by atoms with E-state index < -0.39 is 0 Å². The zero-order chi connectivity index (χ0) is 12.1. The summed E-state index contributed by atoms with van der Waals surface area (Å²) in [4.78, 5) is 0. The quantitative estimate of drug-likeness (QED) is 0.789. The Morgan fingerprint density at radius 2 is 2.18 bits per heavy atom. The van der Waals surface area contributed by atoms with Crippen LogP contribution in [0.3, 0.4) is 0 Å². The zero-order valence-electron chi connectivity index (χ0n) is 9.99. The molecule has 4 heteroatoms. The molecule has 0 bridgehead atoms. The highest BCUT2D eigenvalue weighted by Crippen LogP contribution is 2.20. The molecule has 1 fully saturated rings. The number of halogens is 1. The van der Waals surface area contributed by atoms with Gasteiger partial charge in [0, 0.05) is 19.7 Å². The molecule has 1 N–H and O–H groups in total. The van der Waals surface area contributed by atoms with Crippen molar-refractivity contribution in [2.45, 2.75) is 25.0 Å². The molecule has 1 aliphatic carbocycles. The maximum atomic E-state index is 13.4. The average molecular weight is 239 g/mol. The molecule has 1 aliphatic rings. The van der Waals surface area contributed by atoms with E-state index in [1.807, 2.05) is 0 Å². The monoisotopic (exact) mass is 239 g/mol. The molecule has 1 atom stereocenters. The fraction of sp³-hybridized carbons (Fsp3) is 0.538. The van der Waals surface area contributed by atoms with Gasteiger partial charge in [0.25, 0.3) is 0 Å². The van der Waals surface area contributed by atoms with E-state index in [4.69, 9.17) is 9.47 Å². The largest absolute Gasteiger partial charge is 0.484 e. The molecule has 1 aromatic carbocycles. The number of nitrogens with one attached hydrogen (secondary N) is 1. The van der Waals surface area contributed by atoms with Gasteiger partial charge in [-0.15, -0.1) is 0 Å². The first kappa shape index (κ1) is 12.3. The van der Waals surface area contributed by atoms with Gasteiger partial charge in [-0.3, -0.25) is 0 Å². The summed E-state index contributed by atoms with van der Waals surface area (Å²) in [6.45, 7) is 1.14. The number of para-hydroxylation sites is 1. The van der Waals surface area contributed by atoms with Crippen LogP contribution in [0.5, 0.6) is 5.75 Å². The predicted molar refractivity (Wildman–Crippen MR) is 63.7 cm³/mol. The third kappa shape index (κ3) is 3.98. The van der Waals surface area contributed by atoms with Crippen molar-refractivity contribution in [1.82, 2.24) is 5.32 Å². The first-order valence-electron chi connectivity index (χ1n) is 5.93. The maximum Gasteiger partial charge on any atom is 0.165 e. The van der Waals surface area contributed by atoms with E-state index in [1.54, 1.807) is 25.3 Å². The highest BCUT2D eigenvalue weighted by Gasteiger charge is 2.22. The van der Waals surface area contributed by atoms with Crippen molar-refractivity contribution >= 4 is 0 Å². The Bertz CT molecular complexity index is 355.